The minimum atomic E-state index is -0.131. The van der Waals surface area contributed by atoms with Crippen LogP contribution in [0.3, 0.4) is 0 Å². The maximum Gasteiger partial charge on any atom is 0.239 e. The summed E-state index contributed by atoms with van der Waals surface area (Å²) in [4.78, 5) is 25.9. The summed E-state index contributed by atoms with van der Waals surface area (Å²) in [5.74, 6) is -0.221. The molecule has 1 aromatic rings. The van der Waals surface area contributed by atoms with Crippen LogP contribution in [0.2, 0.25) is 0 Å². The van der Waals surface area contributed by atoms with Crippen LogP contribution in [0.4, 0.5) is 0 Å². The molecule has 0 bridgehead atoms. The van der Waals surface area contributed by atoms with E-state index in [9.17, 15) is 9.59 Å². The summed E-state index contributed by atoms with van der Waals surface area (Å²) in [7, 11) is 0. The summed E-state index contributed by atoms with van der Waals surface area (Å²) in [6.45, 7) is 7.62. The van der Waals surface area contributed by atoms with E-state index in [0.717, 1.165) is 38.3 Å². The Morgan fingerprint density at radius 2 is 1.76 bits per heavy atom. The fourth-order valence-corrected chi connectivity index (χ4v) is 2.63. The predicted molar refractivity (Wildman–Crippen MR) is 102 cm³/mol. The van der Waals surface area contributed by atoms with Crippen molar-refractivity contribution in [3.8, 4) is 0 Å². The highest BCUT2D eigenvalue weighted by Crippen LogP contribution is 2.05. The van der Waals surface area contributed by atoms with E-state index in [0.29, 0.717) is 19.4 Å². The lowest BCUT2D eigenvalue weighted by atomic mass is 10.1. The third kappa shape index (κ3) is 8.86. The van der Waals surface area contributed by atoms with E-state index in [1.54, 1.807) is 0 Å². The van der Waals surface area contributed by atoms with E-state index in [1.165, 1.54) is 5.56 Å². The highest BCUT2D eigenvalue weighted by molar-refractivity contribution is 5.85. The van der Waals surface area contributed by atoms with Gasteiger partial charge >= 0.3 is 0 Å². The van der Waals surface area contributed by atoms with E-state index in [1.807, 2.05) is 31.2 Å². The summed E-state index contributed by atoms with van der Waals surface area (Å²) in [6, 6.07) is 8.15. The summed E-state index contributed by atoms with van der Waals surface area (Å²) in [6.07, 6.45) is 1.09. The smallest absolute Gasteiger partial charge is 0.239 e. The molecule has 2 amide bonds. The summed E-state index contributed by atoms with van der Waals surface area (Å²) in [5.41, 5.74) is 2.34. The number of hydrogen-bond acceptors (Lipinski definition) is 4. The number of piperazine rings is 1. The molecule has 1 saturated heterocycles. The highest BCUT2D eigenvalue weighted by atomic mass is 35.5. The van der Waals surface area contributed by atoms with Crippen LogP contribution in [0, 0.1) is 6.92 Å². The quantitative estimate of drug-likeness (QED) is 0.624. The van der Waals surface area contributed by atoms with Gasteiger partial charge in [0.2, 0.25) is 11.8 Å². The van der Waals surface area contributed by atoms with Gasteiger partial charge in [0, 0.05) is 45.7 Å². The van der Waals surface area contributed by atoms with Crippen LogP contribution in [0.15, 0.2) is 24.3 Å². The molecular weight excluding hydrogens is 340 g/mol. The van der Waals surface area contributed by atoms with Gasteiger partial charge in [0.05, 0.1) is 6.54 Å². The van der Waals surface area contributed by atoms with Crippen molar-refractivity contribution in [2.75, 3.05) is 45.8 Å². The molecule has 0 aliphatic carbocycles. The second kappa shape index (κ2) is 11.8. The molecule has 1 heterocycles. The van der Waals surface area contributed by atoms with E-state index < -0.39 is 0 Å². The second-order valence-corrected chi connectivity index (χ2v) is 6.20. The van der Waals surface area contributed by atoms with Gasteiger partial charge in [0.25, 0.3) is 0 Å². The molecule has 2 rings (SSSR count). The van der Waals surface area contributed by atoms with Crippen molar-refractivity contribution in [3.63, 3.8) is 0 Å². The molecule has 140 valence electrons. The molecule has 1 fully saturated rings. The van der Waals surface area contributed by atoms with Crippen LogP contribution in [-0.2, 0) is 16.0 Å². The molecule has 7 heteroatoms. The Balaban J connectivity index is 0.00000312. The van der Waals surface area contributed by atoms with E-state index in [-0.39, 0.29) is 30.8 Å². The first-order valence-corrected chi connectivity index (χ1v) is 8.65. The van der Waals surface area contributed by atoms with Gasteiger partial charge in [0.1, 0.15) is 0 Å². The van der Waals surface area contributed by atoms with E-state index >= 15 is 0 Å². The fourth-order valence-electron chi connectivity index (χ4n) is 2.63. The van der Waals surface area contributed by atoms with Crippen molar-refractivity contribution in [1.82, 2.24) is 20.9 Å². The van der Waals surface area contributed by atoms with Gasteiger partial charge in [-0.1, -0.05) is 29.8 Å². The zero-order valence-electron chi connectivity index (χ0n) is 14.8. The van der Waals surface area contributed by atoms with Crippen molar-refractivity contribution in [2.45, 2.75) is 19.8 Å². The topological polar surface area (TPSA) is 73.5 Å². The Labute approximate surface area is 156 Å². The van der Waals surface area contributed by atoms with Crippen molar-refractivity contribution in [3.05, 3.63) is 35.4 Å². The number of nitrogens with zero attached hydrogens (tertiary/aromatic N) is 1. The molecule has 0 aromatic heterocycles. The lowest BCUT2D eigenvalue weighted by Crippen LogP contribution is -2.47. The van der Waals surface area contributed by atoms with Crippen LogP contribution in [-0.4, -0.2) is 62.5 Å². The number of carbonyl (C=O) groups excluding carboxylic acids is 2. The van der Waals surface area contributed by atoms with Crippen molar-refractivity contribution >= 4 is 24.2 Å². The van der Waals surface area contributed by atoms with Gasteiger partial charge in [0.15, 0.2) is 0 Å². The number of halogens is 1. The molecular formula is C18H29ClN4O2. The van der Waals surface area contributed by atoms with Gasteiger partial charge in [-0.25, -0.2) is 0 Å². The standard InChI is InChI=1S/C18H28N4O2.ClH/c1-15-2-4-16(5-3-15)6-7-17(23)21-14-18(24)20-10-13-22-11-8-19-9-12-22;/h2-5,19H,6-14H2,1H3,(H,20,24)(H,21,23);1H. The first-order valence-electron chi connectivity index (χ1n) is 8.65. The van der Waals surface area contributed by atoms with Crippen molar-refractivity contribution in [1.29, 1.82) is 0 Å². The third-order valence-electron chi connectivity index (χ3n) is 4.17. The van der Waals surface area contributed by atoms with Crippen molar-refractivity contribution in [2.24, 2.45) is 0 Å². The molecule has 0 saturated carbocycles. The van der Waals surface area contributed by atoms with E-state index in [2.05, 4.69) is 20.9 Å². The van der Waals surface area contributed by atoms with Crippen LogP contribution in [0.1, 0.15) is 17.5 Å². The summed E-state index contributed by atoms with van der Waals surface area (Å²) in [5, 5.41) is 8.82. The lowest BCUT2D eigenvalue weighted by Gasteiger charge is -2.27. The average Bonchev–Trinajstić information content (AvgIpc) is 2.60. The molecule has 0 unspecified atom stereocenters. The zero-order valence-corrected chi connectivity index (χ0v) is 15.7. The number of rotatable bonds is 8. The zero-order chi connectivity index (χ0) is 17.2. The summed E-state index contributed by atoms with van der Waals surface area (Å²) < 4.78 is 0. The van der Waals surface area contributed by atoms with Crippen LogP contribution >= 0.6 is 12.4 Å². The van der Waals surface area contributed by atoms with Crippen LogP contribution in [0.5, 0.6) is 0 Å². The monoisotopic (exact) mass is 368 g/mol. The fraction of sp³-hybridized carbons (Fsp3) is 0.556. The number of benzene rings is 1. The number of aryl methyl sites for hydroxylation is 2. The number of carbonyl (C=O) groups is 2. The molecule has 1 aromatic carbocycles. The Morgan fingerprint density at radius 3 is 2.44 bits per heavy atom. The van der Waals surface area contributed by atoms with Gasteiger partial charge < -0.3 is 16.0 Å². The maximum atomic E-state index is 11.8. The van der Waals surface area contributed by atoms with Crippen molar-refractivity contribution < 1.29 is 9.59 Å². The first-order chi connectivity index (χ1) is 11.6. The summed E-state index contributed by atoms with van der Waals surface area (Å²) >= 11 is 0. The normalized spacial score (nSPS) is 14.4. The molecule has 0 atom stereocenters. The highest BCUT2D eigenvalue weighted by Gasteiger charge is 2.10. The molecule has 1 aliphatic rings. The molecule has 25 heavy (non-hydrogen) atoms. The second-order valence-electron chi connectivity index (χ2n) is 6.20. The molecule has 6 nitrogen and oxygen atoms in total. The minimum absolute atomic E-state index is 0. The van der Waals surface area contributed by atoms with E-state index in [4.69, 9.17) is 0 Å². The van der Waals surface area contributed by atoms with Crippen LogP contribution in [0.25, 0.3) is 0 Å². The molecule has 0 spiro atoms. The Morgan fingerprint density at radius 1 is 1.08 bits per heavy atom. The number of nitrogens with one attached hydrogen (secondary N) is 3. The minimum Gasteiger partial charge on any atom is -0.353 e. The van der Waals surface area contributed by atoms with Gasteiger partial charge in [-0.2, -0.15) is 0 Å². The Hall–Kier alpha value is -1.63. The first kappa shape index (κ1) is 21.4. The Bertz CT molecular complexity index is 530. The van der Waals surface area contributed by atoms with Gasteiger partial charge in [-0.3, -0.25) is 14.5 Å². The van der Waals surface area contributed by atoms with Crippen LogP contribution < -0.4 is 16.0 Å². The average molecular weight is 369 g/mol. The number of amides is 2. The number of hydrogen-bond donors (Lipinski definition) is 3. The molecule has 3 N–H and O–H groups in total. The SMILES string of the molecule is Cc1ccc(CCC(=O)NCC(=O)NCCN2CCNCC2)cc1.Cl. The lowest BCUT2D eigenvalue weighted by molar-refractivity contribution is -0.126. The Kier molecular flexibility index (Phi) is 10.1. The maximum absolute atomic E-state index is 11.8. The van der Waals surface area contributed by atoms with Gasteiger partial charge in [-0.05, 0) is 18.9 Å². The predicted octanol–water partition coefficient (Wildman–Crippen LogP) is 0.487. The molecule has 1 aliphatic heterocycles. The molecule has 0 radical (unpaired) electrons. The third-order valence-corrected chi connectivity index (χ3v) is 4.17. The largest absolute Gasteiger partial charge is 0.353 e. The van der Waals surface area contributed by atoms with Gasteiger partial charge in [-0.15, -0.1) is 12.4 Å².